The molecule has 0 N–H and O–H groups in total. The molecule has 0 unspecified atom stereocenters. The van der Waals surface area contributed by atoms with Gasteiger partial charge in [-0.25, -0.2) is 13.2 Å². The average molecular weight is 321 g/mol. The van der Waals surface area contributed by atoms with Gasteiger partial charge in [0.2, 0.25) is 6.73 Å². The minimum Gasteiger partial charge on any atom is -0.748 e. The van der Waals surface area contributed by atoms with Crippen molar-refractivity contribution in [3.05, 3.63) is 12.2 Å². The summed E-state index contributed by atoms with van der Waals surface area (Å²) in [5, 5.41) is 0. The summed E-state index contributed by atoms with van der Waals surface area (Å²) in [7, 11) is -4.20. The largest absolute Gasteiger partial charge is 0.748 e. The Morgan fingerprint density at radius 1 is 1.19 bits per heavy atom. The van der Waals surface area contributed by atoms with Crippen LogP contribution in [-0.4, -0.2) is 55.5 Å². The molecule has 6 nitrogen and oxygen atoms in total. The van der Waals surface area contributed by atoms with Gasteiger partial charge in [0.1, 0.15) is 0 Å². The quantitative estimate of drug-likeness (QED) is 0.190. The molecule has 124 valence electrons. The highest BCUT2D eigenvalue weighted by molar-refractivity contribution is 7.85. The summed E-state index contributed by atoms with van der Waals surface area (Å²) < 4.78 is 37.9. The van der Waals surface area contributed by atoms with Crippen LogP contribution in [0.2, 0.25) is 0 Å². The third-order valence-electron chi connectivity index (χ3n) is 3.24. The lowest BCUT2D eigenvalue weighted by atomic mass is 10.2. The van der Waals surface area contributed by atoms with Gasteiger partial charge in [-0.2, -0.15) is 0 Å². The van der Waals surface area contributed by atoms with Gasteiger partial charge in [-0.05, 0) is 19.8 Å². The van der Waals surface area contributed by atoms with E-state index in [4.69, 9.17) is 4.74 Å². The third kappa shape index (κ3) is 8.85. The predicted octanol–water partition coefficient (Wildman–Crippen LogP) is 1.64. The first-order chi connectivity index (χ1) is 9.66. The second-order valence-corrected chi connectivity index (χ2v) is 6.99. The van der Waals surface area contributed by atoms with Crippen LogP contribution in [0.4, 0.5) is 0 Å². The van der Waals surface area contributed by atoms with Crippen molar-refractivity contribution < 1.29 is 27.0 Å². The number of hydrogen-bond donors (Lipinski definition) is 0. The SMILES string of the molecule is C=C(C)C(=O)OC[N+](CCC)(CCC)CCCS(=O)(=O)[O-]. The van der Waals surface area contributed by atoms with Crippen LogP contribution in [0, 0.1) is 0 Å². The number of nitrogens with zero attached hydrogens (tertiary/aromatic N) is 1. The summed E-state index contributed by atoms with van der Waals surface area (Å²) in [5.74, 6) is -0.823. The van der Waals surface area contributed by atoms with Gasteiger partial charge in [-0.15, -0.1) is 0 Å². The molecule has 0 rings (SSSR count). The molecular formula is C14H27NO5S. The Kier molecular flexibility index (Phi) is 8.77. The number of quaternary nitrogens is 1. The minimum absolute atomic E-state index is 0.187. The van der Waals surface area contributed by atoms with Crippen molar-refractivity contribution >= 4 is 16.1 Å². The molecule has 0 aliphatic carbocycles. The van der Waals surface area contributed by atoms with E-state index in [1.807, 2.05) is 13.8 Å². The molecule has 0 aromatic rings. The first-order valence-corrected chi connectivity index (χ1v) is 8.85. The van der Waals surface area contributed by atoms with Gasteiger partial charge >= 0.3 is 5.97 Å². The molecule has 0 amide bonds. The second kappa shape index (κ2) is 9.17. The van der Waals surface area contributed by atoms with E-state index in [2.05, 4.69) is 6.58 Å². The van der Waals surface area contributed by atoms with Crippen molar-refractivity contribution in [3.8, 4) is 0 Å². The molecule has 21 heavy (non-hydrogen) atoms. The van der Waals surface area contributed by atoms with Gasteiger partial charge in [-0.1, -0.05) is 20.4 Å². The zero-order valence-electron chi connectivity index (χ0n) is 13.3. The number of carbonyl (C=O) groups excluding carboxylic acids is 1. The van der Waals surface area contributed by atoms with Crippen LogP contribution in [0.3, 0.4) is 0 Å². The molecule has 0 bridgehead atoms. The van der Waals surface area contributed by atoms with E-state index in [9.17, 15) is 17.8 Å². The molecule has 0 heterocycles. The normalized spacial score (nSPS) is 12.2. The Labute approximate surface area is 128 Å². The molecule has 0 aromatic heterocycles. The Morgan fingerprint density at radius 2 is 1.71 bits per heavy atom. The maximum absolute atomic E-state index is 11.6. The first-order valence-electron chi connectivity index (χ1n) is 7.27. The fraction of sp³-hybridized carbons (Fsp3) is 0.786. The van der Waals surface area contributed by atoms with E-state index in [1.165, 1.54) is 0 Å². The van der Waals surface area contributed by atoms with E-state index in [-0.39, 0.29) is 18.9 Å². The Bertz CT molecular complexity index is 438. The summed E-state index contributed by atoms with van der Waals surface area (Å²) >= 11 is 0. The first kappa shape index (κ1) is 20.1. The van der Waals surface area contributed by atoms with E-state index in [0.717, 1.165) is 25.9 Å². The van der Waals surface area contributed by atoms with E-state index in [1.54, 1.807) is 6.92 Å². The molecule has 0 radical (unpaired) electrons. The molecule has 0 aliphatic rings. The molecule has 0 saturated carbocycles. The lowest BCUT2D eigenvalue weighted by Crippen LogP contribution is -2.52. The van der Waals surface area contributed by atoms with Crippen molar-refractivity contribution in [1.29, 1.82) is 0 Å². The molecule has 0 aliphatic heterocycles. The van der Waals surface area contributed by atoms with Crippen LogP contribution in [0.1, 0.15) is 40.0 Å². The highest BCUT2D eigenvalue weighted by Gasteiger charge is 2.27. The summed E-state index contributed by atoms with van der Waals surface area (Å²) in [4.78, 5) is 11.6. The molecule has 0 saturated heterocycles. The average Bonchev–Trinajstić information content (AvgIpc) is 2.34. The zero-order chi connectivity index (χ0) is 16.5. The second-order valence-electron chi connectivity index (χ2n) is 5.47. The number of rotatable bonds is 11. The monoisotopic (exact) mass is 321 g/mol. The van der Waals surface area contributed by atoms with Crippen LogP contribution < -0.4 is 0 Å². The van der Waals surface area contributed by atoms with Crippen LogP contribution in [0.5, 0.6) is 0 Å². The third-order valence-corrected chi connectivity index (χ3v) is 4.03. The molecule has 0 fully saturated rings. The smallest absolute Gasteiger partial charge is 0.337 e. The van der Waals surface area contributed by atoms with Gasteiger partial charge in [0.15, 0.2) is 0 Å². The molecule has 0 atom stereocenters. The van der Waals surface area contributed by atoms with Gasteiger partial charge in [-0.3, -0.25) is 4.48 Å². The lowest BCUT2D eigenvalue weighted by molar-refractivity contribution is -0.943. The number of esters is 1. The standard InChI is InChI=1S/C14H27NO5S/c1-5-8-15(9-6-2,10-7-11-21(17,18)19)12-20-14(16)13(3)4/h3,5-12H2,1-2,4H3. The van der Waals surface area contributed by atoms with Crippen molar-refractivity contribution in [3.63, 3.8) is 0 Å². The van der Waals surface area contributed by atoms with E-state index >= 15 is 0 Å². The van der Waals surface area contributed by atoms with Crippen molar-refractivity contribution in [2.45, 2.75) is 40.0 Å². The maximum Gasteiger partial charge on any atom is 0.337 e. The molecule has 0 spiro atoms. The highest BCUT2D eigenvalue weighted by Crippen LogP contribution is 2.13. The van der Waals surface area contributed by atoms with E-state index in [0.29, 0.717) is 16.6 Å². The fourth-order valence-electron chi connectivity index (χ4n) is 2.37. The zero-order valence-corrected chi connectivity index (χ0v) is 14.1. The Balaban J connectivity index is 4.79. The van der Waals surface area contributed by atoms with Gasteiger partial charge < -0.3 is 9.29 Å². The van der Waals surface area contributed by atoms with Crippen LogP contribution in [0.15, 0.2) is 12.2 Å². The van der Waals surface area contributed by atoms with Gasteiger partial charge in [0.05, 0.1) is 29.8 Å². The number of hydrogen-bond acceptors (Lipinski definition) is 5. The summed E-state index contributed by atoms with van der Waals surface area (Å²) in [6, 6.07) is 0. The summed E-state index contributed by atoms with van der Waals surface area (Å²) in [5.41, 5.74) is 0.336. The molecule has 0 aromatic carbocycles. The van der Waals surface area contributed by atoms with Crippen molar-refractivity contribution in [2.75, 3.05) is 32.1 Å². The number of carbonyl (C=O) groups is 1. The topological polar surface area (TPSA) is 83.5 Å². The van der Waals surface area contributed by atoms with Crippen LogP contribution in [-0.2, 0) is 19.6 Å². The summed E-state index contributed by atoms with van der Waals surface area (Å²) in [6.45, 7) is 11.4. The van der Waals surface area contributed by atoms with E-state index < -0.39 is 16.1 Å². The predicted molar refractivity (Wildman–Crippen MR) is 80.4 cm³/mol. The molecule has 7 heteroatoms. The fourth-order valence-corrected chi connectivity index (χ4v) is 2.86. The van der Waals surface area contributed by atoms with Crippen LogP contribution in [0.25, 0.3) is 0 Å². The Hall–Kier alpha value is -0.920. The van der Waals surface area contributed by atoms with Crippen molar-refractivity contribution in [1.82, 2.24) is 0 Å². The van der Waals surface area contributed by atoms with Gasteiger partial charge in [0, 0.05) is 17.7 Å². The van der Waals surface area contributed by atoms with Gasteiger partial charge in [0.25, 0.3) is 0 Å². The minimum atomic E-state index is -4.20. The van der Waals surface area contributed by atoms with Crippen LogP contribution >= 0.6 is 0 Å². The lowest BCUT2D eigenvalue weighted by Gasteiger charge is -2.37. The van der Waals surface area contributed by atoms with Crippen molar-refractivity contribution in [2.24, 2.45) is 0 Å². The highest BCUT2D eigenvalue weighted by atomic mass is 32.2. The molecular weight excluding hydrogens is 294 g/mol. The Morgan fingerprint density at radius 3 is 2.10 bits per heavy atom. The maximum atomic E-state index is 11.6. The number of ether oxygens (including phenoxy) is 1. The summed E-state index contributed by atoms with van der Waals surface area (Å²) in [6.07, 6.45) is 2.04.